The van der Waals surface area contributed by atoms with Crippen LogP contribution in [0.3, 0.4) is 0 Å². The summed E-state index contributed by atoms with van der Waals surface area (Å²) in [4.78, 5) is 14.4. The van der Waals surface area contributed by atoms with Crippen molar-refractivity contribution in [2.24, 2.45) is 0 Å². The lowest BCUT2D eigenvalue weighted by Crippen LogP contribution is -2.30. The number of nitrogens with zero attached hydrogens (tertiary/aromatic N) is 1. The van der Waals surface area contributed by atoms with Crippen molar-refractivity contribution in [2.75, 3.05) is 20.6 Å². The molecule has 0 fully saturated rings. The van der Waals surface area contributed by atoms with Crippen molar-refractivity contribution in [1.82, 2.24) is 10.2 Å². The van der Waals surface area contributed by atoms with Crippen LogP contribution >= 0.6 is 27.5 Å². The number of carbonyl (C=O) groups is 1. The largest absolute Gasteiger partial charge is 0.444 e. The molecule has 1 amide bonds. The van der Waals surface area contributed by atoms with Crippen LogP contribution in [-0.4, -0.2) is 31.4 Å². The molecule has 1 unspecified atom stereocenters. The van der Waals surface area contributed by atoms with Crippen LogP contribution in [0.2, 0.25) is 5.02 Å². The van der Waals surface area contributed by atoms with Crippen LogP contribution in [0.4, 0.5) is 0 Å². The number of amides is 1. The number of benzene rings is 1. The summed E-state index contributed by atoms with van der Waals surface area (Å²) in [6.07, 6.45) is 0.794. The van der Waals surface area contributed by atoms with Gasteiger partial charge in [-0.25, -0.2) is 0 Å². The highest BCUT2D eigenvalue weighted by molar-refractivity contribution is 9.10. The topological polar surface area (TPSA) is 45.5 Å². The zero-order valence-electron chi connectivity index (χ0n) is 12.5. The molecule has 1 N–H and O–H groups in total. The molecule has 2 aromatic rings. The minimum atomic E-state index is -0.232. The summed E-state index contributed by atoms with van der Waals surface area (Å²) in [5.74, 6) is 0.0556. The van der Waals surface area contributed by atoms with Crippen molar-refractivity contribution in [1.29, 1.82) is 0 Å². The van der Waals surface area contributed by atoms with Gasteiger partial charge in [0.05, 0.1) is 6.04 Å². The molecule has 118 valence electrons. The normalized spacial score (nSPS) is 12.4. The second-order valence-corrected chi connectivity index (χ2v) is 6.49. The number of hydrogen-bond donors (Lipinski definition) is 1. The van der Waals surface area contributed by atoms with Gasteiger partial charge in [0.15, 0.2) is 10.4 Å². The molecule has 0 spiro atoms. The van der Waals surface area contributed by atoms with Gasteiger partial charge in [-0.1, -0.05) is 23.7 Å². The van der Waals surface area contributed by atoms with Crippen LogP contribution in [-0.2, 0) is 0 Å². The van der Waals surface area contributed by atoms with Crippen LogP contribution in [0.1, 0.15) is 28.6 Å². The van der Waals surface area contributed by atoms with Gasteiger partial charge in [0.25, 0.3) is 5.91 Å². The number of furan rings is 1. The first kappa shape index (κ1) is 17.1. The maximum atomic E-state index is 12.3. The average molecular weight is 386 g/mol. The maximum absolute atomic E-state index is 12.3. The molecule has 0 aliphatic heterocycles. The van der Waals surface area contributed by atoms with E-state index in [-0.39, 0.29) is 17.7 Å². The molecule has 0 saturated heterocycles. The minimum absolute atomic E-state index is 0.101. The molecule has 1 heterocycles. The summed E-state index contributed by atoms with van der Waals surface area (Å²) in [6.45, 7) is 0.857. The van der Waals surface area contributed by atoms with E-state index < -0.39 is 0 Å². The maximum Gasteiger partial charge on any atom is 0.287 e. The van der Waals surface area contributed by atoms with Crippen LogP contribution in [0, 0.1) is 0 Å². The standard InChI is InChI=1S/C16H18BrClN2O2/c1-20(2)10-9-13(11-3-5-12(18)6-4-11)19-16(21)14-7-8-15(17)22-14/h3-8,13H,9-10H2,1-2H3,(H,19,21). The van der Waals surface area contributed by atoms with E-state index in [9.17, 15) is 4.79 Å². The third kappa shape index (κ3) is 4.87. The van der Waals surface area contributed by atoms with Gasteiger partial charge in [-0.2, -0.15) is 0 Å². The van der Waals surface area contributed by atoms with Crippen LogP contribution in [0.5, 0.6) is 0 Å². The van der Waals surface area contributed by atoms with Crippen LogP contribution < -0.4 is 5.32 Å². The van der Waals surface area contributed by atoms with Crippen LogP contribution in [0.15, 0.2) is 45.5 Å². The lowest BCUT2D eigenvalue weighted by Gasteiger charge is -2.21. The van der Waals surface area contributed by atoms with Crippen molar-refractivity contribution in [3.05, 3.63) is 57.4 Å². The van der Waals surface area contributed by atoms with Crippen molar-refractivity contribution in [2.45, 2.75) is 12.5 Å². The molecule has 0 aliphatic rings. The molecule has 0 saturated carbocycles. The molecule has 1 aromatic carbocycles. The Morgan fingerprint density at radius 1 is 1.27 bits per heavy atom. The Kier molecular flexibility index (Phi) is 6.06. The zero-order chi connectivity index (χ0) is 16.1. The molecular formula is C16H18BrClN2O2. The van der Waals surface area contributed by atoms with Gasteiger partial charge >= 0.3 is 0 Å². The Bertz CT molecular complexity index is 625. The van der Waals surface area contributed by atoms with Gasteiger partial charge in [0.2, 0.25) is 0 Å². The monoisotopic (exact) mass is 384 g/mol. The predicted molar refractivity (Wildman–Crippen MR) is 91.2 cm³/mol. The Balaban J connectivity index is 2.13. The fourth-order valence-electron chi connectivity index (χ4n) is 2.07. The Morgan fingerprint density at radius 3 is 2.50 bits per heavy atom. The first-order chi connectivity index (χ1) is 10.5. The van der Waals surface area contributed by atoms with Gasteiger partial charge in [-0.3, -0.25) is 4.79 Å². The number of halogens is 2. The van der Waals surface area contributed by atoms with Crippen molar-refractivity contribution in [3.8, 4) is 0 Å². The highest BCUT2D eigenvalue weighted by Gasteiger charge is 2.18. The van der Waals surface area contributed by atoms with E-state index in [1.807, 2.05) is 38.4 Å². The van der Waals surface area contributed by atoms with Gasteiger partial charge in [0.1, 0.15) is 0 Å². The molecule has 2 rings (SSSR count). The summed E-state index contributed by atoms with van der Waals surface area (Å²) in [7, 11) is 4.01. The van der Waals surface area contributed by atoms with E-state index >= 15 is 0 Å². The lowest BCUT2D eigenvalue weighted by molar-refractivity contribution is 0.0903. The Morgan fingerprint density at radius 2 is 1.95 bits per heavy atom. The summed E-state index contributed by atoms with van der Waals surface area (Å²) in [5, 5.41) is 3.69. The highest BCUT2D eigenvalue weighted by atomic mass is 79.9. The molecule has 0 bridgehead atoms. The van der Waals surface area contributed by atoms with E-state index in [0.29, 0.717) is 9.69 Å². The molecule has 1 aromatic heterocycles. The fraction of sp³-hybridized carbons (Fsp3) is 0.312. The van der Waals surface area contributed by atoms with Gasteiger partial charge < -0.3 is 14.6 Å². The van der Waals surface area contributed by atoms with Crippen LogP contribution in [0.25, 0.3) is 0 Å². The lowest BCUT2D eigenvalue weighted by atomic mass is 10.0. The van der Waals surface area contributed by atoms with Crippen molar-refractivity contribution >= 4 is 33.4 Å². The summed E-state index contributed by atoms with van der Waals surface area (Å²) >= 11 is 9.13. The first-order valence-corrected chi connectivity index (χ1v) is 8.09. The zero-order valence-corrected chi connectivity index (χ0v) is 14.8. The predicted octanol–water partition coefficient (Wildman–Crippen LogP) is 4.12. The molecule has 0 radical (unpaired) electrons. The molecule has 4 nitrogen and oxygen atoms in total. The van der Waals surface area contributed by atoms with Crippen molar-refractivity contribution in [3.63, 3.8) is 0 Å². The summed E-state index contributed by atoms with van der Waals surface area (Å²) in [5.41, 5.74) is 1.02. The average Bonchev–Trinajstić information content (AvgIpc) is 2.91. The number of nitrogens with one attached hydrogen (secondary N) is 1. The number of rotatable bonds is 6. The Labute approximate surface area is 143 Å². The van der Waals surface area contributed by atoms with Crippen molar-refractivity contribution < 1.29 is 9.21 Å². The number of carbonyl (C=O) groups excluding carboxylic acids is 1. The second kappa shape index (κ2) is 7.81. The smallest absolute Gasteiger partial charge is 0.287 e. The molecule has 22 heavy (non-hydrogen) atoms. The quantitative estimate of drug-likeness (QED) is 0.813. The molecule has 1 atom stereocenters. The van der Waals surface area contributed by atoms with E-state index in [2.05, 4.69) is 26.1 Å². The van der Waals surface area contributed by atoms with E-state index in [1.165, 1.54) is 0 Å². The second-order valence-electron chi connectivity index (χ2n) is 5.27. The third-order valence-corrected chi connectivity index (χ3v) is 3.92. The van der Waals surface area contributed by atoms with Gasteiger partial charge in [-0.15, -0.1) is 0 Å². The Hall–Kier alpha value is -1.30. The SMILES string of the molecule is CN(C)CCC(NC(=O)c1ccc(Br)o1)c1ccc(Cl)cc1. The summed E-state index contributed by atoms with van der Waals surface area (Å²) < 4.78 is 5.84. The first-order valence-electron chi connectivity index (χ1n) is 6.92. The van der Waals surface area contributed by atoms with Gasteiger partial charge in [0, 0.05) is 5.02 Å². The third-order valence-electron chi connectivity index (χ3n) is 3.24. The molecular weight excluding hydrogens is 368 g/mol. The fourth-order valence-corrected chi connectivity index (χ4v) is 2.50. The number of hydrogen-bond acceptors (Lipinski definition) is 3. The molecule has 6 heteroatoms. The highest BCUT2D eigenvalue weighted by Crippen LogP contribution is 2.21. The van der Waals surface area contributed by atoms with E-state index in [1.54, 1.807) is 12.1 Å². The summed E-state index contributed by atoms with van der Waals surface area (Å²) in [6, 6.07) is 10.8. The minimum Gasteiger partial charge on any atom is -0.444 e. The van der Waals surface area contributed by atoms with E-state index in [0.717, 1.165) is 18.5 Å². The van der Waals surface area contributed by atoms with E-state index in [4.69, 9.17) is 16.0 Å². The molecule has 0 aliphatic carbocycles. The van der Waals surface area contributed by atoms with Gasteiger partial charge in [-0.05, 0) is 72.8 Å².